The highest BCUT2D eigenvalue weighted by Crippen LogP contribution is 2.23. The number of hydrogen-bond donors (Lipinski definition) is 1. The average molecular weight is 334 g/mol. The van der Waals surface area contributed by atoms with Crippen LogP contribution in [0.15, 0.2) is 55.4 Å². The van der Waals surface area contributed by atoms with E-state index in [2.05, 4.69) is 34.3 Å². The first-order valence-electron chi connectivity index (χ1n) is 8.68. The van der Waals surface area contributed by atoms with Gasteiger partial charge in [0.25, 0.3) is 0 Å². The van der Waals surface area contributed by atoms with Gasteiger partial charge in [-0.3, -0.25) is 4.98 Å². The number of allylic oxidation sites excluding steroid dienone is 1. The van der Waals surface area contributed by atoms with E-state index < -0.39 is 0 Å². The minimum absolute atomic E-state index is 0.0418. The minimum Gasteiger partial charge on any atom is -0.392 e. The Labute approximate surface area is 150 Å². The van der Waals surface area contributed by atoms with Crippen LogP contribution in [0.1, 0.15) is 43.2 Å². The second-order valence-corrected chi connectivity index (χ2v) is 5.47. The molecule has 25 heavy (non-hydrogen) atoms. The molecule has 2 heterocycles. The zero-order valence-corrected chi connectivity index (χ0v) is 15.2. The number of pyridine rings is 1. The largest absolute Gasteiger partial charge is 0.392 e. The van der Waals surface area contributed by atoms with Gasteiger partial charge in [-0.25, -0.2) is 0 Å². The fourth-order valence-corrected chi connectivity index (χ4v) is 2.86. The molecule has 3 rings (SSSR count). The van der Waals surface area contributed by atoms with Crippen molar-refractivity contribution in [2.24, 2.45) is 0 Å². The predicted octanol–water partition coefficient (Wildman–Crippen LogP) is 5.28. The van der Waals surface area contributed by atoms with Gasteiger partial charge < -0.3 is 9.67 Å². The summed E-state index contributed by atoms with van der Waals surface area (Å²) in [5.74, 6) is 0. The summed E-state index contributed by atoms with van der Waals surface area (Å²) < 4.78 is 2.14. The third-order valence-corrected chi connectivity index (χ3v) is 3.96. The lowest BCUT2D eigenvalue weighted by atomic mass is 10.1. The molecule has 0 atom stereocenters. The zero-order chi connectivity index (χ0) is 18.2. The van der Waals surface area contributed by atoms with Gasteiger partial charge in [-0.1, -0.05) is 56.9 Å². The van der Waals surface area contributed by atoms with Crippen LogP contribution in [-0.4, -0.2) is 14.7 Å². The molecule has 0 amide bonds. The Morgan fingerprint density at radius 1 is 1.20 bits per heavy atom. The van der Waals surface area contributed by atoms with Crippen LogP contribution in [0.4, 0.5) is 0 Å². The summed E-state index contributed by atoms with van der Waals surface area (Å²) in [6.45, 7) is 10.5. The highest BCUT2D eigenvalue weighted by molar-refractivity contribution is 5.84. The highest BCUT2D eigenvalue weighted by Gasteiger charge is 2.09. The van der Waals surface area contributed by atoms with E-state index in [1.807, 2.05) is 63.5 Å². The van der Waals surface area contributed by atoms with Crippen LogP contribution in [-0.2, 0) is 13.2 Å². The first-order valence-corrected chi connectivity index (χ1v) is 8.68. The number of rotatable bonds is 5. The molecule has 0 unspecified atom stereocenters. The van der Waals surface area contributed by atoms with E-state index in [9.17, 15) is 5.11 Å². The number of benzene rings is 1. The molecular formula is C22H26N2O. The van der Waals surface area contributed by atoms with E-state index in [-0.39, 0.29) is 6.61 Å². The van der Waals surface area contributed by atoms with Crippen molar-refractivity contribution in [2.75, 3.05) is 0 Å². The Balaban J connectivity index is 0.00000109. The minimum atomic E-state index is 0.0418. The Morgan fingerprint density at radius 3 is 2.64 bits per heavy atom. The number of hydrogen-bond acceptors (Lipinski definition) is 2. The van der Waals surface area contributed by atoms with Crippen molar-refractivity contribution in [3.63, 3.8) is 0 Å². The molecule has 3 heteroatoms. The maximum absolute atomic E-state index is 9.55. The highest BCUT2D eigenvalue weighted by atomic mass is 16.3. The van der Waals surface area contributed by atoms with Gasteiger partial charge in [0.05, 0.1) is 18.8 Å². The summed E-state index contributed by atoms with van der Waals surface area (Å²) >= 11 is 0. The van der Waals surface area contributed by atoms with Gasteiger partial charge in [-0.15, -0.1) is 0 Å². The number of nitrogens with zero attached hydrogens (tertiary/aromatic N) is 2. The number of aliphatic hydroxyl groups excluding tert-OH is 1. The molecule has 0 saturated heterocycles. The first-order chi connectivity index (χ1) is 12.3. The smallest absolute Gasteiger partial charge is 0.0702 e. The molecule has 0 fully saturated rings. The molecule has 0 bridgehead atoms. The first kappa shape index (κ1) is 18.7. The number of aromatic nitrogens is 2. The van der Waals surface area contributed by atoms with Crippen molar-refractivity contribution in [1.29, 1.82) is 0 Å². The van der Waals surface area contributed by atoms with Crippen molar-refractivity contribution in [3.8, 4) is 0 Å². The molecule has 3 nitrogen and oxygen atoms in total. The number of para-hydroxylation sites is 1. The molecule has 0 spiro atoms. The van der Waals surface area contributed by atoms with Gasteiger partial charge >= 0.3 is 0 Å². The summed E-state index contributed by atoms with van der Waals surface area (Å²) in [6.07, 6.45) is 9.76. The molecule has 0 aliphatic rings. The van der Waals surface area contributed by atoms with Gasteiger partial charge in [0.15, 0.2) is 0 Å². The quantitative estimate of drug-likeness (QED) is 0.689. The molecule has 130 valence electrons. The van der Waals surface area contributed by atoms with Crippen molar-refractivity contribution in [1.82, 2.24) is 9.55 Å². The van der Waals surface area contributed by atoms with Crippen molar-refractivity contribution < 1.29 is 5.11 Å². The van der Waals surface area contributed by atoms with E-state index in [4.69, 9.17) is 0 Å². The van der Waals surface area contributed by atoms with Crippen LogP contribution in [0.3, 0.4) is 0 Å². The monoisotopic (exact) mass is 334 g/mol. The summed E-state index contributed by atoms with van der Waals surface area (Å²) in [5, 5.41) is 10.6. The van der Waals surface area contributed by atoms with E-state index in [1.54, 1.807) is 0 Å². The fourth-order valence-electron chi connectivity index (χ4n) is 2.86. The van der Waals surface area contributed by atoms with Gasteiger partial charge in [0, 0.05) is 28.9 Å². The second kappa shape index (κ2) is 9.00. The SMILES string of the molecule is C=Cc1cnc(Cn2cc(CO)c3ccccc32)cc1/C=C\C.CC. The van der Waals surface area contributed by atoms with E-state index in [1.165, 1.54) is 0 Å². The molecule has 0 saturated carbocycles. The van der Waals surface area contributed by atoms with Gasteiger partial charge in [0.2, 0.25) is 0 Å². The van der Waals surface area contributed by atoms with Crippen LogP contribution in [0, 0.1) is 0 Å². The molecule has 0 aliphatic carbocycles. The predicted molar refractivity (Wildman–Crippen MR) is 107 cm³/mol. The molecule has 1 N–H and O–H groups in total. The maximum atomic E-state index is 9.55. The van der Waals surface area contributed by atoms with Crippen LogP contribution in [0.2, 0.25) is 0 Å². The van der Waals surface area contributed by atoms with Crippen LogP contribution in [0.25, 0.3) is 23.1 Å². The van der Waals surface area contributed by atoms with Crippen molar-refractivity contribution >= 4 is 23.1 Å². The molecule has 3 aromatic rings. The van der Waals surface area contributed by atoms with Gasteiger partial charge in [0.1, 0.15) is 0 Å². The third-order valence-electron chi connectivity index (χ3n) is 3.96. The Kier molecular flexibility index (Phi) is 6.72. The van der Waals surface area contributed by atoms with Crippen molar-refractivity contribution in [2.45, 2.75) is 33.9 Å². The Hall–Kier alpha value is -2.65. The molecule has 0 radical (unpaired) electrons. The molecule has 1 aromatic carbocycles. The summed E-state index contributed by atoms with van der Waals surface area (Å²) in [6, 6.07) is 10.2. The summed E-state index contributed by atoms with van der Waals surface area (Å²) in [5.41, 5.74) is 5.18. The third kappa shape index (κ3) is 4.06. The van der Waals surface area contributed by atoms with E-state index >= 15 is 0 Å². The second-order valence-electron chi connectivity index (χ2n) is 5.47. The molecular weight excluding hydrogens is 308 g/mol. The van der Waals surface area contributed by atoms with E-state index in [0.717, 1.165) is 33.3 Å². The average Bonchev–Trinajstić information content (AvgIpc) is 3.02. The number of aliphatic hydroxyl groups is 1. The number of fused-ring (bicyclic) bond motifs is 1. The van der Waals surface area contributed by atoms with Gasteiger partial charge in [-0.05, 0) is 30.2 Å². The van der Waals surface area contributed by atoms with Crippen molar-refractivity contribution in [3.05, 3.63) is 77.8 Å². The van der Waals surface area contributed by atoms with E-state index in [0.29, 0.717) is 6.54 Å². The lowest BCUT2D eigenvalue weighted by molar-refractivity contribution is 0.283. The maximum Gasteiger partial charge on any atom is 0.0702 e. The standard InChI is InChI=1S/C20H20N2O.C2H6/c1-3-7-16-10-18(21-11-15(16)4-2)13-22-12-17(14-23)19-8-5-6-9-20(19)22;1-2/h3-12,23H,2,13-14H2,1H3;1-2H3/b7-3-;. The van der Waals surface area contributed by atoms with Crippen LogP contribution >= 0.6 is 0 Å². The molecule has 2 aromatic heterocycles. The Morgan fingerprint density at radius 2 is 1.96 bits per heavy atom. The molecule has 0 aliphatic heterocycles. The normalized spacial score (nSPS) is 10.7. The van der Waals surface area contributed by atoms with Crippen LogP contribution < -0.4 is 0 Å². The summed E-state index contributed by atoms with van der Waals surface area (Å²) in [7, 11) is 0. The topological polar surface area (TPSA) is 38.0 Å². The summed E-state index contributed by atoms with van der Waals surface area (Å²) in [4.78, 5) is 4.54. The Bertz CT molecular complexity index is 875. The van der Waals surface area contributed by atoms with Crippen LogP contribution in [0.5, 0.6) is 0 Å². The lowest BCUT2D eigenvalue weighted by Gasteiger charge is -2.08. The van der Waals surface area contributed by atoms with Gasteiger partial charge in [-0.2, -0.15) is 0 Å². The lowest BCUT2D eigenvalue weighted by Crippen LogP contribution is -2.01. The fraction of sp³-hybridized carbons (Fsp3) is 0.227. The zero-order valence-electron chi connectivity index (χ0n) is 15.2.